The first-order valence-electron chi connectivity index (χ1n) is 23.7. The summed E-state index contributed by atoms with van der Waals surface area (Å²) in [6, 6.07) is 6.40. The maximum atomic E-state index is 12.0. The van der Waals surface area contributed by atoms with Crippen molar-refractivity contribution in [2.24, 2.45) is 0 Å². The van der Waals surface area contributed by atoms with Gasteiger partial charge in [0.15, 0.2) is 0 Å². The van der Waals surface area contributed by atoms with Gasteiger partial charge in [-0.3, -0.25) is 9.59 Å². The van der Waals surface area contributed by atoms with Gasteiger partial charge in [-0.2, -0.15) is 0 Å². The first-order chi connectivity index (χ1) is 28.0. The molecule has 326 valence electrons. The van der Waals surface area contributed by atoms with Crippen LogP contribution in [0.1, 0.15) is 211 Å². The Morgan fingerprint density at radius 1 is 0.509 bits per heavy atom. The van der Waals surface area contributed by atoms with Gasteiger partial charge in [-0.15, -0.1) is 0 Å². The molecule has 1 heterocycles. The van der Waals surface area contributed by atoms with E-state index in [1.54, 1.807) is 0 Å². The summed E-state index contributed by atoms with van der Waals surface area (Å²) < 4.78 is 25.6. The average molecular weight is 797 g/mol. The third kappa shape index (κ3) is 28.9. The molecule has 0 aliphatic carbocycles. The number of hydrogen-bond acceptors (Lipinski definition) is 7. The molecule has 0 aliphatic rings. The lowest BCUT2D eigenvalue weighted by Crippen LogP contribution is -2.05. The van der Waals surface area contributed by atoms with Gasteiger partial charge in [-0.25, -0.2) is 4.98 Å². The third-order valence-electron chi connectivity index (χ3n) is 10.8. The van der Waals surface area contributed by atoms with Crippen LogP contribution in [0.4, 0.5) is 0 Å². The van der Waals surface area contributed by atoms with Crippen LogP contribution < -0.4 is 9.47 Å². The molecule has 0 spiro atoms. The van der Waals surface area contributed by atoms with Crippen LogP contribution in [0.25, 0.3) is 0 Å². The monoisotopic (exact) mass is 797 g/mol. The van der Waals surface area contributed by atoms with Crippen molar-refractivity contribution in [3.8, 4) is 11.5 Å². The highest BCUT2D eigenvalue weighted by Crippen LogP contribution is 2.25. The van der Waals surface area contributed by atoms with E-state index in [0.29, 0.717) is 39.3 Å². The quantitative estimate of drug-likeness (QED) is 0.0490. The summed E-state index contributed by atoms with van der Waals surface area (Å²) in [7, 11) is 0. The van der Waals surface area contributed by atoms with Crippen molar-refractivity contribution in [2.75, 3.05) is 26.4 Å². The Hall–Kier alpha value is -3.03. The molecule has 57 heavy (non-hydrogen) atoms. The molecule has 8 nitrogen and oxygen atoms in total. The van der Waals surface area contributed by atoms with E-state index in [-0.39, 0.29) is 11.9 Å². The minimum absolute atomic E-state index is 0.0283. The highest BCUT2D eigenvalue weighted by atomic mass is 16.5. The normalized spacial score (nSPS) is 11.2. The molecule has 0 N–H and O–H groups in total. The van der Waals surface area contributed by atoms with Gasteiger partial charge in [0.05, 0.1) is 26.4 Å². The Balaban J connectivity index is 1.57. The number of nitrogens with zero attached hydrogens (tertiary/aromatic N) is 2. The maximum absolute atomic E-state index is 12.0. The number of aryl methyl sites for hydroxylation is 3. The minimum atomic E-state index is -0.0283. The second-order valence-corrected chi connectivity index (χ2v) is 16.2. The van der Waals surface area contributed by atoms with Crippen LogP contribution >= 0.6 is 0 Å². The molecule has 0 atom stereocenters. The Bertz CT molecular complexity index is 1180. The predicted molar refractivity (Wildman–Crippen MR) is 235 cm³/mol. The van der Waals surface area contributed by atoms with Crippen molar-refractivity contribution in [2.45, 2.75) is 220 Å². The van der Waals surface area contributed by atoms with Crippen LogP contribution in [-0.4, -0.2) is 47.9 Å². The summed E-state index contributed by atoms with van der Waals surface area (Å²) in [4.78, 5) is 28.3. The third-order valence-corrected chi connectivity index (χ3v) is 10.8. The van der Waals surface area contributed by atoms with E-state index in [1.807, 2.05) is 25.4 Å². The van der Waals surface area contributed by atoms with Gasteiger partial charge in [0.2, 0.25) is 0 Å². The van der Waals surface area contributed by atoms with Gasteiger partial charge in [0.25, 0.3) is 0 Å². The second kappa shape index (κ2) is 36.1. The molecule has 0 saturated carbocycles. The summed E-state index contributed by atoms with van der Waals surface area (Å²) in [5.74, 6) is 2.77. The Kier molecular flexibility index (Phi) is 31.7. The van der Waals surface area contributed by atoms with Crippen molar-refractivity contribution in [3.63, 3.8) is 0 Å². The van der Waals surface area contributed by atoms with E-state index >= 15 is 0 Å². The van der Waals surface area contributed by atoms with Crippen LogP contribution in [0, 0.1) is 6.92 Å². The van der Waals surface area contributed by atoms with E-state index in [9.17, 15) is 9.59 Å². The van der Waals surface area contributed by atoms with E-state index in [1.165, 1.54) is 82.6 Å². The van der Waals surface area contributed by atoms with E-state index in [4.69, 9.17) is 18.9 Å². The molecule has 8 heteroatoms. The fourth-order valence-corrected chi connectivity index (χ4v) is 7.21. The summed E-state index contributed by atoms with van der Waals surface area (Å²) in [5, 5.41) is 0. The van der Waals surface area contributed by atoms with Gasteiger partial charge >= 0.3 is 11.9 Å². The van der Waals surface area contributed by atoms with Gasteiger partial charge in [-0.05, 0) is 76.0 Å². The highest BCUT2D eigenvalue weighted by molar-refractivity contribution is 5.69. The van der Waals surface area contributed by atoms with Crippen LogP contribution in [0.5, 0.6) is 11.5 Å². The van der Waals surface area contributed by atoms with Crippen LogP contribution in [0.15, 0.2) is 30.6 Å². The molecule has 1 aromatic heterocycles. The number of imidazole rings is 1. The zero-order valence-corrected chi connectivity index (χ0v) is 37.0. The smallest absolute Gasteiger partial charge is 0.305 e. The van der Waals surface area contributed by atoms with Crippen molar-refractivity contribution in [1.29, 1.82) is 0 Å². The molecule has 0 unspecified atom stereocenters. The zero-order valence-electron chi connectivity index (χ0n) is 37.0. The lowest BCUT2D eigenvalue weighted by Gasteiger charge is -2.13. The highest BCUT2D eigenvalue weighted by Gasteiger charge is 2.07. The molecule has 0 fully saturated rings. The fourth-order valence-electron chi connectivity index (χ4n) is 7.21. The summed E-state index contributed by atoms with van der Waals surface area (Å²) in [5.41, 5.74) is 1.24. The standard InChI is InChI=1S/C49H84N2O6/c1-4-6-8-10-12-18-24-32-48(52)56-39-28-22-16-14-20-26-37-54-46-41-45(31-30-35-51-36-34-50-44(51)3)42-47(43-46)55-38-27-21-15-17-23-29-40-57-49(53)33-25-19-13-11-9-7-5-2/h34,36,41-43H,4-33,35,37-40H2,1-3H3. The number of carbonyl (C=O) groups is 2. The molecule has 1 aromatic carbocycles. The van der Waals surface area contributed by atoms with Crippen LogP contribution in [-0.2, 0) is 32.0 Å². The average Bonchev–Trinajstić information content (AvgIpc) is 3.62. The minimum Gasteiger partial charge on any atom is -0.493 e. The molecule has 0 amide bonds. The maximum Gasteiger partial charge on any atom is 0.305 e. The van der Waals surface area contributed by atoms with E-state index < -0.39 is 0 Å². The number of unbranched alkanes of at least 4 members (excludes halogenated alkanes) is 22. The number of aromatic nitrogens is 2. The molecule has 0 radical (unpaired) electrons. The van der Waals surface area contributed by atoms with E-state index in [0.717, 1.165) is 127 Å². The van der Waals surface area contributed by atoms with Crippen LogP contribution in [0.2, 0.25) is 0 Å². The number of rotatable bonds is 40. The Morgan fingerprint density at radius 2 is 0.912 bits per heavy atom. The number of ether oxygens (including phenoxy) is 4. The lowest BCUT2D eigenvalue weighted by molar-refractivity contribution is -0.144. The number of esters is 2. The van der Waals surface area contributed by atoms with E-state index in [2.05, 4.69) is 35.5 Å². The fraction of sp³-hybridized carbons (Fsp3) is 0.776. The van der Waals surface area contributed by atoms with Gasteiger partial charge in [-0.1, -0.05) is 142 Å². The first-order valence-corrected chi connectivity index (χ1v) is 23.7. The Morgan fingerprint density at radius 3 is 1.33 bits per heavy atom. The summed E-state index contributed by atoms with van der Waals surface area (Å²) >= 11 is 0. The van der Waals surface area contributed by atoms with Crippen molar-refractivity contribution < 1.29 is 28.5 Å². The van der Waals surface area contributed by atoms with Gasteiger partial charge in [0, 0.05) is 37.8 Å². The molecular formula is C49H84N2O6. The SMILES string of the molecule is CCCCCCCCCC(=O)OCCCCCCCCOc1cc(CCCn2ccnc2C)cc(OCCCCCCCCOC(=O)CCCCCCCCC)c1. The lowest BCUT2D eigenvalue weighted by atomic mass is 10.1. The van der Waals surface area contributed by atoms with Crippen LogP contribution in [0.3, 0.4) is 0 Å². The number of hydrogen-bond donors (Lipinski definition) is 0. The summed E-state index contributed by atoms with van der Waals surface area (Å²) in [6.07, 6.45) is 37.2. The second-order valence-electron chi connectivity index (χ2n) is 16.2. The largest absolute Gasteiger partial charge is 0.493 e. The van der Waals surface area contributed by atoms with Crippen molar-refractivity contribution in [3.05, 3.63) is 42.0 Å². The van der Waals surface area contributed by atoms with Crippen molar-refractivity contribution in [1.82, 2.24) is 9.55 Å². The molecular weight excluding hydrogens is 713 g/mol. The van der Waals surface area contributed by atoms with Crippen molar-refractivity contribution >= 4 is 11.9 Å². The molecule has 2 rings (SSSR count). The Labute approximate surface area is 349 Å². The molecule has 2 aromatic rings. The molecule has 0 saturated heterocycles. The first kappa shape index (κ1) is 50.1. The topological polar surface area (TPSA) is 88.9 Å². The number of carbonyl (C=O) groups excluding carboxylic acids is 2. The van der Waals surface area contributed by atoms with Gasteiger partial charge < -0.3 is 23.5 Å². The molecule has 0 bridgehead atoms. The predicted octanol–water partition coefficient (Wildman–Crippen LogP) is 13.6. The number of benzene rings is 1. The zero-order chi connectivity index (χ0) is 40.9. The summed E-state index contributed by atoms with van der Waals surface area (Å²) in [6.45, 7) is 9.98. The van der Waals surface area contributed by atoms with Gasteiger partial charge in [0.1, 0.15) is 17.3 Å². The molecule has 0 aliphatic heterocycles.